The second-order valence-electron chi connectivity index (χ2n) is 4.65. The summed E-state index contributed by atoms with van der Waals surface area (Å²) in [6.45, 7) is 0.0115. The van der Waals surface area contributed by atoms with Gasteiger partial charge in [-0.2, -0.15) is 0 Å². The lowest BCUT2D eigenvalue weighted by molar-refractivity contribution is -0.123. The van der Waals surface area contributed by atoms with E-state index in [-0.39, 0.29) is 12.5 Å². The Hall–Kier alpha value is -0.750. The lowest BCUT2D eigenvalue weighted by Gasteiger charge is -2.14. The third-order valence-electron chi connectivity index (χ3n) is 3.09. The molecule has 0 bridgehead atoms. The van der Waals surface area contributed by atoms with Gasteiger partial charge in [0.25, 0.3) is 5.91 Å². The molecule has 1 aliphatic carbocycles. The van der Waals surface area contributed by atoms with E-state index in [1.807, 2.05) is 0 Å². The molecule has 1 fully saturated rings. The summed E-state index contributed by atoms with van der Waals surface area (Å²) in [4.78, 5) is 11.8. The third-order valence-corrected chi connectivity index (χ3v) is 4.27. The summed E-state index contributed by atoms with van der Waals surface area (Å²) in [5, 5.41) is 2.98. The lowest BCUT2D eigenvalue weighted by Crippen LogP contribution is -2.36. The van der Waals surface area contributed by atoms with Crippen molar-refractivity contribution in [2.75, 3.05) is 12.3 Å². The average molecular weight is 392 g/mol. The van der Waals surface area contributed by atoms with Crippen molar-refractivity contribution in [2.45, 2.75) is 31.7 Å². The van der Waals surface area contributed by atoms with Crippen LogP contribution in [0.15, 0.2) is 21.1 Å². The van der Waals surface area contributed by atoms with Crippen molar-refractivity contribution in [3.05, 3.63) is 21.1 Å². The van der Waals surface area contributed by atoms with Gasteiger partial charge >= 0.3 is 0 Å². The van der Waals surface area contributed by atoms with Crippen molar-refractivity contribution in [1.29, 1.82) is 0 Å². The van der Waals surface area contributed by atoms with Gasteiger partial charge in [0.2, 0.25) is 0 Å². The first-order valence-electron chi connectivity index (χ1n) is 6.23. The number of carbonyl (C=O) groups is 1. The minimum absolute atomic E-state index is 0.0115. The van der Waals surface area contributed by atoms with E-state index in [0.717, 1.165) is 21.8 Å². The van der Waals surface area contributed by atoms with Crippen molar-refractivity contribution >= 4 is 43.5 Å². The molecule has 1 aliphatic rings. The van der Waals surface area contributed by atoms with E-state index in [4.69, 9.17) is 10.5 Å². The van der Waals surface area contributed by atoms with Crippen molar-refractivity contribution in [1.82, 2.24) is 5.32 Å². The molecule has 0 heterocycles. The molecule has 0 aliphatic heterocycles. The Morgan fingerprint density at radius 3 is 2.47 bits per heavy atom. The van der Waals surface area contributed by atoms with Gasteiger partial charge < -0.3 is 15.8 Å². The Labute approximate surface area is 129 Å². The minimum atomic E-state index is -0.0810. The Morgan fingerprint density at radius 2 is 1.89 bits per heavy atom. The molecule has 104 valence electrons. The SMILES string of the molecule is Nc1cc(Br)c(OCC(=O)NC2CCCC2)c(Br)c1. The highest BCUT2D eigenvalue weighted by Crippen LogP contribution is 2.35. The van der Waals surface area contributed by atoms with Crippen LogP contribution in [-0.2, 0) is 4.79 Å². The Balaban J connectivity index is 1.89. The van der Waals surface area contributed by atoms with E-state index in [1.54, 1.807) is 12.1 Å². The zero-order valence-electron chi connectivity index (χ0n) is 10.4. The fraction of sp³-hybridized carbons (Fsp3) is 0.462. The zero-order valence-corrected chi connectivity index (χ0v) is 13.6. The first-order chi connectivity index (χ1) is 9.06. The molecule has 0 saturated heterocycles. The predicted octanol–water partition coefficient (Wildman–Crippen LogP) is 3.23. The standard InChI is InChI=1S/C13H16Br2N2O2/c14-10-5-8(16)6-11(15)13(10)19-7-12(18)17-9-3-1-2-4-9/h5-6,9H,1-4,7,16H2,(H,17,18). The Kier molecular flexibility index (Phi) is 5.10. The van der Waals surface area contributed by atoms with E-state index < -0.39 is 0 Å². The van der Waals surface area contributed by atoms with Crippen molar-refractivity contribution in [3.8, 4) is 5.75 Å². The molecule has 0 radical (unpaired) electrons. The summed E-state index contributed by atoms with van der Waals surface area (Å²) in [6, 6.07) is 3.80. The second kappa shape index (κ2) is 6.61. The Bertz CT molecular complexity index is 451. The maximum atomic E-state index is 11.8. The van der Waals surface area contributed by atoms with Crippen LogP contribution in [0.25, 0.3) is 0 Å². The number of rotatable bonds is 4. The van der Waals surface area contributed by atoms with E-state index >= 15 is 0 Å². The topological polar surface area (TPSA) is 64.3 Å². The number of nitrogens with one attached hydrogen (secondary N) is 1. The molecule has 3 N–H and O–H groups in total. The molecule has 19 heavy (non-hydrogen) atoms. The lowest BCUT2D eigenvalue weighted by atomic mass is 10.2. The highest BCUT2D eigenvalue weighted by molar-refractivity contribution is 9.11. The third kappa shape index (κ3) is 4.11. The number of nitrogen functional groups attached to an aromatic ring is 1. The van der Waals surface area contributed by atoms with Crippen LogP contribution in [0, 0.1) is 0 Å². The van der Waals surface area contributed by atoms with Crippen LogP contribution in [0.2, 0.25) is 0 Å². The summed E-state index contributed by atoms with van der Waals surface area (Å²) >= 11 is 6.74. The Morgan fingerprint density at radius 1 is 1.32 bits per heavy atom. The number of halogens is 2. The van der Waals surface area contributed by atoms with Crippen LogP contribution in [0.5, 0.6) is 5.75 Å². The van der Waals surface area contributed by atoms with E-state index in [9.17, 15) is 4.79 Å². The second-order valence-corrected chi connectivity index (χ2v) is 6.36. The number of hydrogen-bond acceptors (Lipinski definition) is 3. The van der Waals surface area contributed by atoms with E-state index in [2.05, 4.69) is 37.2 Å². The predicted molar refractivity (Wildman–Crippen MR) is 82.1 cm³/mol. The smallest absolute Gasteiger partial charge is 0.258 e. The van der Waals surface area contributed by atoms with Gasteiger partial charge in [0.05, 0.1) is 8.95 Å². The molecule has 1 amide bonds. The van der Waals surface area contributed by atoms with Crippen molar-refractivity contribution < 1.29 is 9.53 Å². The molecule has 0 atom stereocenters. The highest BCUT2D eigenvalue weighted by atomic mass is 79.9. The van der Waals surface area contributed by atoms with Crippen LogP contribution >= 0.6 is 31.9 Å². The van der Waals surface area contributed by atoms with Crippen LogP contribution in [0.4, 0.5) is 5.69 Å². The zero-order chi connectivity index (χ0) is 13.8. The summed E-state index contributed by atoms with van der Waals surface area (Å²) < 4.78 is 6.99. The minimum Gasteiger partial charge on any atom is -0.481 e. The van der Waals surface area contributed by atoms with Crippen LogP contribution in [0.1, 0.15) is 25.7 Å². The fourth-order valence-electron chi connectivity index (χ4n) is 2.19. The fourth-order valence-corrected chi connectivity index (χ4v) is 3.65. The molecule has 4 nitrogen and oxygen atoms in total. The van der Waals surface area contributed by atoms with Crippen molar-refractivity contribution in [3.63, 3.8) is 0 Å². The normalized spacial score (nSPS) is 15.5. The largest absolute Gasteiger partial charge is 0.481 e. The van der Waals surface area contributed by atoms with Gasteiger partial charge in [-0.05, 0) is 56.8 Å². The maximum absolute atomic E-state index is 11.8. The molecular formula is C13H16Br2N2O2. The summed E-state index contributed by atoms with van der Waals surface area (Å²) in [5.74, 6) is 0.512. The number of ether oxygens (including phenoxy) is 1. The van der Waals surface area contributed by atoms with Crippen LogP contribution in [-0.4, -0.2) is 18.6 Å². The van der Waals surface area contributed by atoms with Gasteiger partial charge in [-0.3, -0.25) is 4.79 Å². The average Bonchev–Trinajstić information content (AvgIpc) is 2.80. The van der Waals surface area contributed by atoms with Gasteiger partial charge in [0, 0.05) is 11.7 Å². The number of carbonyl (C=O) groups excluding carboxylic acids is 1. The van der Waals surface area contributed by atoms with E-state index in [1.165, 1.54) is 12.8 Å². The molecule has 0 aromatic heterocycles. The molecule has 1 aromatic rings. The van der Waals surface area contributed by atoms with Crippen molar-refractivity contribution in [2.24, 2.45) is 0 Å². The highest BCUT2D eigenvalue weighted by Gasteiger charge is 2.18. The van der Waals surface area contributed by atoms with Gasteiger partial charge in [-0.15, -0.1) is 0 Å². The number of anilines is 1. The van der Waals surface area contributed by atoms with Crippen LogP contribution in [0.3, 0.4) is 0 Å². The summed E-state index contributed by atoms with van der Waals surface area (Å²) in [5.41, 5.74) is 6.32. The molecule has 1 saturated carbocycles. The van der Waals surface area contributed by atoms with Gasteiger partial charge in [-0.1, -0.05) is 12.8 Å². The maximum Gasteiger partial charge on any atom is 0.258 e. The van der Waals surface area contributed by atoms with Crippen LogP contribution < -0.4 is 15.8 Å². The molecule has 0 unspecified atom stereocenters. The number of amides is 1. The molecule has 1 aromatic carbocycles. The summed E-state index contributed by atoms with van der Waals surface area (Å²) in [7, 11) is 0. The number of hydrogen-bond donors (Lipinski definition) is 2. The quantitative estimate of drug-likeness (QED) is 0.774. The molecule has 6 heteroatoms. The van der Waals surface area contributed by atoms with Gasteiger partial charge in [0.15, 0.2) is 6.61 Å². The monoisotopic (exact) mass is 390 g/mol. The summed E-state index contributed by atoms with van der Waals surface area (Å²) in [6.07, 6.45) is 4.53. The molecule has 0 spiro atoms. The molecule has 2 rings (SSSR count). The number of nitrogens with two attached hydrogens (primary N) is 1. The first kappa shape index (κ1) is 14.7. The van der Waals surface area contributed by atoms with Gasteiger partial charge in [0.1, 0.15) is 5.75 Å². The van der Waals surface area contributed by atoms with E-state index in [0.29, 0.717) is 17.5 Å². The number of benzene rings is 1. The first-order valence-corrected chi connectivity index (χ1v) is 7.81. The molecular weight excluding hydrogens is 376 g/mol. The van der Waals surface area contributed by atoms with Gasteiger partial charge in [-0.25, -0.2) is 0 Å².